The number of ether oxygens (including phenoxy) is 2. The summed E-state index contributed by atoms with van der Waals surface area (Å²) in [6, 6.07) is 12.7. The molecule has 0 aliphatic rings. The summed E-state index contributed by atoms with van der Waals surface area (Å²) in [5.41, 5.74) is 4.47. The number of H-pyrrole nitrogens is 1. The predicted octanol–water partition coefficient (Wildman–Crippen LogP) is 3.88. The molecule has 0 fully saturated rings. The number of aromatic nitrogens is 1. The van der Waals surface area contributed by atoms with Gasteiger partial charge in [-0.2, -0.15) is 5.10 Å². The number of hydrogen-bond donors (Lipinski definition) is 3. The molecule has 0 saturated carbocycles. The summed E-state index contributed by atoms with van der Waals surface area (Å²) in [5, 5.41) is 22.6. The van der Waals surface area contributed by atoms with Crippen LogP contribution in [0.5, 0.6) is 17.4 Å². The average molecular weight is 383 g/mol. The predicted molar refractivity (Wildman–Crippen MR) is 107 cm³/mol. The number of thiocarbonyl (C=S) groups is 1. The molecular weight excluding hydrogens is 366 g/mol. The lowest BCUT2D eigenvalue weighted by Crippen LogP contribution is -2.11. The first-order valence-electron chi connectivity index (χ1n) is 7.89. The number of nitrogens with zero attached hydrogens (tertiary/aromatic N) is 3. The van der Waals surface area contributed by atoms with Crippen LogP contribution in [-0.4, -0.2) is 35.6 Å². The van der Waals surface area contributed by atoms with Crippen LogP contribution >= 0.6 is 12.2 Å². The monoisotopic (exact) mass is 383 g/mol. The van der Waals surface area contributed by atoms with Gasteiger partial charge in [-0.15, -0.1) is 10.2 Å². The van der Waals surface area contributed by atoms with Crippen LogP contribution < -0.4 is 14.9 Å². The van der Waals surface area contributed by atoms with E-state index in [0.717, 1.165) is 16.5 Å². The Kier molecular flexibility index (Phi) is 5.62. The van der Waals surface area contributed by atoms with Gasteiger partial charge in [0.25, 0.3) is 0 Å². The van der Waals surface area contributed by atoms with Crippen LogP contribution in [0.3, 0.4) is 0 Å². The molecule has 0 unspecified atom stereocenters. The van der Waals surface area contributed by atoms with E-state index in [1.54, 1.807) is 32.6 Å². The minimum Gasteiger partial charge on any atom is -0.493 e. The highest BCUT2D eigenvalue weighted by molar-refractivity contribution is 7.80. The first-order chi connectivity index (χ1) is 13.1. The molecular formula is C18H17N5O3S. The largest absolute Gasteiger partial charge is 0.493 e. The molecule has 0 aliphatic heterocycles. The van der Waals surface area contributed by atoms with Crippen molar-refractivity contribution in [1.82, 2.24) is 10.4 Å². The first kappa shape index (κ1) is 18.3. The quantitative estimate of drug-likeness (QED) is 0.268. The molecule has 1 aromatic heterocycles. The van der Waals surface area contributed by atoms with Gasteiger partial charge in [-0.05, 0) is 42.0 Å². The third kappa shape index (κ3) is 4.21. The molecule has 3 N–H and O–H groups in total. The van der Waals surface area contributed by atoms with E-state index in [9.17, 15) is 5.11 Å². The molecule has 0 spiro atoms. The number of nitrogens with one attached hydrogen (secondary N) is 2. The Morgan fingerprint density at radius 1 is 1.15 bits per heavy atom. The van der Waals surface area contributed by atoms with E-state index in [0.29, 0.717) is 17.2 Å². The molecule has 0 bridgehead atoms. The third-order valence-electron chi connectivity index (χ3n) is 3.68. The fourth-order valence-corrected chi connectivity index (χ4v) is 2.52. The maximum absolute atomic E-state index is 9.94. The summed E-state index contributed by atoms with van der Waals surface area (Å²) in [6.07, 6.45) is 1.56. The Morgan fingerprint density at radius 3 is 2.70 bits per heavy atom. The number of para-hydroxylation sites is 1. The zero-order valence-electron chi connectivity index (χ0n) is 14.6. The minimum absolute atomic E-state index is 0.0522. The van der Waals surface area contributed by atoms with Gasteiger partial charge in [-0.3, -0.25) is 5.43 Å². The number of methoxy groups -OCH3 is 2. The van der Waals surface area contributed by atoms with E-state index in [-0.39, 0.29) is 11.0 Å². The Balaban J connectivity index is 1.66. The van der Waals surface area contributed by atoms with Crippen molar-refractivity contribution in [2.24, 2.45) is 15.3 Å². The van der Waals surface area contributed by atoms with E-state index in [2.05, 4.69) is 25.7 Å². The van der Waals surface area contributed by atoms with Gasteiger partial charge in [-0.25, -0.2) is 0 Å². The molecule has 0 saturated heterocycles. The molecule has 1 heterocycles. The number of rotatable bonds is 5. The second-order valence-electron chi connectivity index (χ2n) is 5.36. The zero-order valence-corrected chi connectivity index (χ0v) is 15.4. The highest BCUT2D eigenvalue weighted by Gasteiger charge is 2.09. The standard InChI is InChI=1S/C18H17N5O3S/c1-25-14-8-7-11(9-15(14)26-2)10-19-22-18(27)23-21-16-12-5-3-4-6-13(12)20-17(16)24/h3-10,20,24H,1-2H3,(H,22,27)/b19-10+,23-21?. The highest BCUT2D eigenvalue weighted by Crippen LogP contribution is 2.35. The lowest BCUT2D eigenvalue weighted by Gasteiger charge is -2.07. The summed E-state index contributed by atoms with van der Waals surface area (Å²) >= 11 is 5.07. The van der Waals surface area contributed by atoms with Gasteiger partial charge in [0.05, 0.1) is 26.0 Å². The summed E-state index contributed by atoms with van der Waals surface area (Å²) in [7, 11) is 3.13. The number of benzene rings is 2. The number of hydrogen-bond acceptors (Lipinski definition) is 6. The topological polar surface area (TPSA) is 104 Å². The Hall–Kier alpha value is -3.46. The third-order valence-corrected chi connectivity index (χ3v) is 3.85. The van der Waals surface area contributed by atoms with E-state index >= 15 is 0 Å². The molecule has 0 amide bonds. The molecule has 0 aliphatic carbocycles. The summed E-state index contributed by atoms with van der Waals surface area (Å²) < 4.78 is 10.4. The second-order valence-corrected chi connectivity index (χ2v) is 5.74. The van der Waals surface area contributed by atoms with Crippen molar-refractivity contribution < 1.29 is 14.6 Å². The van der Waals surface area contributed by atoms with Crippen LogP contribution in [-0.2, 0) is 0 Å². The molecule has 138 valence electrons. The summed E-state index contributed by atoms with van der Waals surface area (Å²) in [6.45, 7) is 0. The minimum atomic E-state index is -0.0726. The lowest BCUT2D eigenvalue weighted by atomic mass is 10.2. The lowest BCUT2D eigenvalue weighted by molar-refractivity contribution is 0.355. The van der Waals surface area contributed by atoms with Crippen molar-refractivity contribution in [3.63, 3.8) is 0 Å². The molecule has 27 heavy (non-hydrogen) atoms. The van der Waals surface area contributed by atoms with Crippen molar-refractivity contribution in [3.05, 3.63) is 48.0 Å². The van der Waals surface area contributed by atoms with E-state index < -0.39 is 0 Å². The number of hydrazone groups is 1. The number of azo groups is 1. The SMILES string of the molecule is COc1ccc(/C=N/NC(=S)N=Nc2c(O)[nH]c3ccccc23)cc1OC. The average Bonchev–Trinajstić information content (AvgIpc) is 3.01. The van der Waals surface area contributed by atoms with Crippen LogP contribution in [0.4, 0.5) is 5.69 Å². The molecule has 0 radical (unpaired) electrons. The molecule has 3 aromatic rings. The van der Waals surface area contributed by atoms with Gasteiger partial charge in [0.2, 0.25) is 11.0 Å². The zero-order chi connectivity index (χ0) is 19.2. The van der Waals surface area contributed by atoms with Crippen molar-refractivity contribution in [2.45, 2.75) is 0 Å². The Bertz CT molecular complexity index is 1030. The maximum Gasteiger partial charge on any atom is 0.234 e. The second kappa shape index (κ2) is 8.28. The van der Waals surface area contributed by atoms with Crippen LogP contribution in [0.2, 0.25) is 0 Å². The normalized spacial score (nSPS) is 11.3. The van der Waals surface area contributed by atoms with E-state index in [1.807, 2.05) is 30.3 Å². The van der Waals surface area contributed by atoms with Gasteiger partial charge in [0.1, 0.15) is 0 Å². The smallest absolute Gasteiger partial charge is 0.234 e. The fourth-order valence-electron chi connectivity index (χ4n) is 2.43. The number of fused-ring (bicyclic) bond motifs is 1. The number of aromatic amines is 1. The maximum atomic E-state index is 9.94. The number of aromatic hydroxyl groups is 1. The summed E-state index contributed by atoms with van der Waals surface area (Å²) in [4.78, 5) is 2.82. The van der Waals surface area contributed by atoms with Gasteiger partial charge in [0, 0.05) is 5.39 Å². The fraction of sp³-hybridized carbons (Fsp3) is 0.111. The van der Waals surface area contributed by atoms with Crippen molar-refractivity contribution in [3.8, 4) is 17.4 Å². The van der Waals surface area contributed by atoms with Crippen LogP contribution in [0.25, 0.3) is 10.9 Å². The van der Waals surface area contributed by atoms with Crippen molar-refractivity contribution in [2.75, 3.05) is 14.2 Å². The van der Waals surface area contributed by atoms with Crippen LogP contribution in [0, 0.1) is 0 Å². The van der Waals surface area contributed by atoms with Crippen LogP contribution in [0.1, 0.15) is 5.56 Å². The van der Waals surface area contributed by atoms with E-state index in [4.69, 9.17) is 21.7 Å². The van der Waals surface area contributed by atoms with Gasteiger partial charge >= 0.3 is 0 Å². The summed E-state index contributed by atoms with van der Waals surface area (Å²) in [5.74, 6) is 1.15. The van der Waals surface area contributed by atoms with Gasteiger partial charge in [0.15, 0.2) is 17.2 Å². The molecule has 0 atom stereocenters. The highest BCUT2D eigenvalue weighted by atomic mass is 32.1. The first-order valence-corrected chi connectivity index (χ1v) is 8.29. The molecule has 9 heteroatoms. The Labute approximate surface area is 160 Å². The molecule has 2 aromatic carbocycles. The van der Waals surface area contributed by atoms with Crippen LogP contribution in [0.15, 0.2) is 57.8 Å². The van der Waals surface area contributed by atoms with Crippen molar-refractivity contribution in [1.29, 1.82) is 0 Å². The van der Waals surface area contributed by atoms with Gasteiger partial charge in [-0.1, -0.05) is 18.2 Å². The Morgan fingerprint density at radius 2 is 1.93 bits per heavy atom. The van der Waals surface area contributed by atoms with Crippen molar-refractivity contribution >= 4 is 40.1 Å². The molecule has 8 nitrogen and oxygen atoms in total. The van der Waals surface area contributed by atoms with E-state index in [1.165, 1.54) is 0 Å². The molecule has 3 rings (SSSR count). The van der Waals surface area contributed by atoms with Gasteiger partial charge < -0.3 is 19.6 Å².